The lowest BCUT2D eigenvalue weighted by Gasteiger charge is -2.19. The average Bonchev–Trinajstić information content (AvgIpc) is 2.26. The van der Waals surface area contributed by atoms with Gasteiger partial charge < -0.3 is 15.0 Å². The number of carbonyl (C=O) groups is 1. The van der Waals surface area contributed by atoms with E-state index in [1.54, 1.807) is 33.0 Å². The Morgan fingerprint density at radius 2 is 2.21 bits per heavy atom. The molecule has 0 aromatic carbocycles. The normalized spacial score (nSPS) is 10.3. The first-order chi connectivity index (χ1) is 8.87. The molecule has 1 aromatic heterocycles. The fraction of sp³-hybridized carbons (Fsp3) is 0.429. The van der Waals surface area contributed by atoms with Crippen molar-refractivity contribution in [2.45, 2.75) is 32.8 Å². The van der Waals surface area contributed by atoms with Crippen molar-refractivity contribution < 1.29 is 9.53 Å². The van der Waals surface area contributed by atoms with E-state index < -0.39 is 11.7 Å². The zero-order valence-corrected chi connectivity index (χ0v) is 11.4. The van der Waals surface area contributed by atoms with Crippen LogP contribution in [0.1, 0.15) is 32.8 Å². The molecule has 1 rings (SSSR count). The van der Waals surface area contributed by atoms with Crippen LogP contribution in [0.4, 0.5) is 4.79 Å². The third-order valence-electron chi connectivity index (χ3n) is 1.93. The number of aromatic nitrogens is 1. The third kappa shape index (κ3) is 6.94. The van der Waals surface area contributed by atoms with Crippen LogP contribution in [0.3, 0.4) is 0 Å². The van der Waals surface area contributed by atoms with Crippen LogP contribution < -0.4 is 10.9 Å². The van der Waals surface area contributed by atoms with Crippen LogP contribution in [0.2, 0.25) is 0 Å². The fourth-order valence-electron chi connectivity index (χ4n) is 1.23. The molecule has 0 fully saturated rings. The van der Waals surface area contributed by atoms with E-state index in [4.69, 9.17) is 4.74 Å². The van der Waals surface area contributed by atoms with E-state index in [-0.39, 0.29) is 5.56 Å². The van der Waals surface area contributed by atoms with Crippen LogP contribution in [0.15, 0.2) is 23.1 Å². The smallest absolute Gasteiger partial charge is 0.407 e. The lowest BCUT2D eigenvalue weighted by molar-refractivity contribution is 0.0529. The van der Waals surface area contributed by atoms with E-state index in [1.807, 2.05) is 0 Å². The molecule has 1 heterocycles. The Bertz CT molecular complexity index is 544. The summed E-state index contributed by atoms with van der Waals surface area (Å²) >= 11 is 0. The molecule has 5 heteroatoms. The molecule has 0 aliphatic heterocycles. The molecular weight excluding hydrogens is 244 g/mol. The fourth-order valence-corrected chi connectivity index (χ4v) is 1.23. The molecule has 1 amide bonds. The first-order valence-electron chi connectivity index (χ1n) is 6.01. The van der Waals surface area contributed by atoms with E-state index in [2.05, 4.69) is 22.1 Å². The molecule has 5 nitrogen and oxygen atoms in total. The Labute approximate surface area is 112 Å². The van der Waals surface area contributed by atoms with Crippen LogP contribution in [0, 0.1) is 11.8 Å². The number of nitrogens with one attached hydrogen (secondary N) is 2. The number of rotatable bonds is 2. The van der Waals surface area contributed by atoms with Gasteiger partial charge in [0, 0.05) is 30.8 Å². The predicted molar refractivity (Wildman–Crippen MR) is 72.8 cm³/mol. The molecule has 102 valence electrons. The van der Waals surface area contributed by atoms with E-state index >= 15 is 0 Å². The van der Waals surface area contributed by atoms with E-state index in [0.717, 1.165) is 0 Å². The van der Waals surface area contributed by atoms with Gasteiger partial charge in [0.2, 0.25) is 5.56 Å². The summed E-state index contributed by atoms with van der Waals surface area (Å²) in [5.74, 6) is 5.72. The summed E-state index contributed by atoms with van der Waals surface area (Å²) in [7, 11) is 0. The largest absolute Gasteiger partial charge is 0.444 e. The zero-order valence-electron chi connectivity index (χ0n) is 11.4. The number of H-pyrrole nitrogens is 1. The lowest BCUT2D eigenvalue weighted by atomic mass is 10.2. The number of aromatic amines is 1. The second kappa shape index (κ2) is 6.64. The Morgan fingerprint density at radius 1 is 1.47 bits per heavy atom. The molecule has 0 aliphatic carbocycles. The van der Waals surface area contributed by atoms with E-state index in [9.17, 15) is 9.59 Å². The van der Waals surface area contributed by atoms with Crippen LogP contribution >= 0.6 is 0 Å². The van der Waals surface area contributed by atoms with Gasteiger partial charge in [0.25, 0.3) is 0 Å². The number of carbonyl (C=O) groups excluding carboxylic acids is 1. The first-order valence-corrected chi connectivity index (χ1v) is 6.01. The van der Waals surface area contributed by atoms with Gasteiger partial charge in [-0.1, -0.05) is 11.8 Å². The number of hydrogen-bond acceptors (Lipinski definition) is 3. The Kier molecular flexibility index (Phi) is 5.19. The van der Waals surface area contributed by atoms with Crippen LogP contribution in [-0.2, 0) is 4.74 Å². The minimum atomic E-state index is -0.499. The van der Waals surface area contributed by atoms with Gasteiger partial charge in [-0.3, -0.25) is 4.79 Å². The summed E-state index contributed by atoms with van der Waals surface area (Å²) in [5, 5.41) is 2.61. The number of pyridine rings is 1. The molecule has 0 bridgehead atoms. The predicted octanol–water partition coefficient (Wildman–Crippen LogP) is 1.64. The van der Waals surface area contributed by atoms with Gasteiger partial charge in [-0.05, 0) is 26.8 Å². The summed E-state index contributed by atoms with van der Waals surface area (Å²) in [6, 6.07) is 3.14. The van der Waals surface area contributed by atoms with Crippen molar-refractivity contribution in [1.29, 1.82) is 0 Å². The molecule has 0 spiro atoms. The quantitative estimate of drug-likeness (QED) is 0.628. The highest BCUT2D eigenvalue weighted by Gasteiger charge is 2.15. The summed E-state index contributed by atoms with van der Waals surface area (Å²) < 4.78 is 5.07. The average molecular weight is 262 g/mol. The first kappa shape index (κ1) is 14.8. The van der Waals surface area contributed by atoms with Crippen LogP contribution in [0.5, 0.6) is 0 Å². The zero-order chi connectivity index (χ0) is 14.3. The van der Waals surface area contributed by atoms with Crippen molar-refractivity contribution in [3.63, 3.8) is 0 Å². The van der Waals surface area contributed by atoms with Crippen molar-refractivity contribution in [2.24, 2.45) is 0 Å². The molecule has 2 N–H and O–H groups in total. The van der Waals surface area contributed by atoms with Gasteiger partial charge in [-0.25, -0.2) is 4.79 Å². The molecular formula is C14H18N2O3. The maximum Gasteiger partial charge on any atom is 0.407 e. The molecule has 19 heavy (non-hydrogen) atoms. The van der Waals surface area contributed by atoms with Crippen molar-refractivity contribution in [3.8, 4) is 11.8 Å². The van der Waals surface area contributed by atoms with Crippen LogP contribution in [-0.4, -0.2) is 23.2 Å². The molecule has 0 unspecified atom stereocenters. The van der Waals surface area contributed by atoms with Gasteiger partial charge in [0.05, 0.1) is 0 Å². The summed E-state index contributed by atoms with van der Waals surface area (Å²) in [6.45, 7) is 5.82. The lowest BCUT2D eigenvalue weighted by Crippen LogP contribution is -2.32. The maximum absolute atomic E-state index is 11.3. The minimum absolute atomic E-state index is 0.182. The Hall–Kier alpha value is -2.22. The van der Waals surface area contributed by atoms with Gasteiger partial charge in [-0.15, -0.1) is 0 Å². The number of alkyl carbamates (subject to hydrolysis) is 1. The van der Waals surface area contributed by atoms with Crippen molar-refractivity contribution in [3.05, 3.63) is 34.2 Å². The van der Waals surface area contributed by atoms with E-state index in [1.165, 1.54) is 6.07 Å². The Morgan fingerprint density at radius 3 is 2.84 bits per heavy atom. The number of hydrogen-bond donors (Lipinski definition) is 2. The monoisotopic (exact) mass is 262 g/mol. The molecule has 0 saturated heterocycles. The summed E-state index contributed by atoms with van der Waals surface area (Å²) in [5.41, 5.74) is -0.0272. The third-order valence-corrected chi connectivity index (χ3v) is 1.93. The maximum atomic E-state index is 11.3. The van der Waals surface area contributed by atoms with Gasteiger partial charge in [-0.2, -0.15) is 0 Å². The van der Waals surface area contributed by atoms with E-state index in [0.29, 0.717) is 18.5 Å². The minimum Gasteiger partial charge on any atom is -0.444 e. The number of amides is 1. The highest BCUT2D eigenvalue weighted by Crippen LogP contribution is 2.06. The number of ether oxygens (including phenoxy) is 1. The van der Waals surface area contributed by atoms with Gasteiger partial charge >= 0.3 is 6.09 Å². The standard InChI is InChI=1S/C14H18N2O3/c1-14(2,3)19-13(18)16-8-5-4-6-11-7-9-15-12(17)10-11/h7,9-10H,5,8H2,1-3H3,(H,15,17)(H,16,18). The van der Waals surface area contributed by atoms with Crippen molar-refractivity contribution in [2.75, 3.05) is 6.54 Å². The Balaban J connectivity index is 2.32. The molecule has 0 aliphatic rings. The second-order valence-electron chi connectivity index (χ2n) is 4.92. The SMILES string of the molecule is CC(C)(C)OC(=O)NCCC#Cc1cc[nH]c(=O)c1. The van der Waals surface area contributed by atoms with Gasteiger partial charge in [0.1, 0.15) is 5.60 Å². The van der Waals surface area contributed by atoms with Crippen LogP contribution in [0.25, 0.3) is 0 Å². The molecule has 0 radical (unpaired) electrons. The second-order valence-corrected chi connectivity index (χ2v) is 4.92. The van der Waals surface area contributed by atoms with Crippen molar-refractivity contribution >= 4 is 6.09 Å². The molecule has 0 atom stereocenters. The van der Waals surface area contributed by atoms with Crippen molar-refractivity contribution in [1.82, 2.24) is 10.3 Å². The topological polar surface area (TPSA) is 71.2 Å². The highest BCUT2D eigenvalue weighted by atomic mass is 16.6. The summed E-state index contributed by atoms with van der Waals surface area (Å²) in [6.07, 6.45) is 1.59. The molecule has 0 saturated carbocycles. The highest BCUT2D eigenvalue weighted by molar-refractivity contribution is 5.67. The van der Waals surface area contributed by atoms with Gasteiger partial charge in [0.15, 0.2) is 0 Å². The summed E-state index contributed by atoms with van der Waals surface area (Å²) in [4.78, 5) is 24.8. The molecule has 1 aromatic rings.